The Hall–Kier alpha value is -0.0800. The maximum Gasteiger partial charge on any atom is 0.00953 e. The molecule has 0 bridgehead atoms. The smallest absolute Gasteiger partial charge is 0.00953 e. The summed E-state index contributed by atoms with van der Waals surface area (Å²) in [6, 6.07) is 1.73. The molecule has 2 aliphatic carbocycles. The summed E-state index contributed by atoms with van der Waals surface area (Å²) >= 11 is 0. The van der Waals surface area contributed by atoms with Crippen LogP contribution in [0.15, 0.2) is 0 Å². The van der Waals surface area contributed by atoms with Gasteiger partial charge in [0.1, 0.15) is 0 Å². The van der Waals surface area contributed by atoms with Gasteiger partial charge in [0, 0.05) is 12.1 Å². The molecule has 2 atom stereocenters. The van der Waals surface area contributed by atoms with Crippen molar-refractivity contribution in [1.29, 1.82) is 0 Å². The van der Waals surface area contributed by atoms with Crippen molar-refractivity contribution < 1.29 is 0 Å². The third-order valence-corrected chi connectivity index (χ3v) is 6.19. The van der Waals surface area contributed by atoms with Gasteiger partial charge in [-0.05, 0) is 76.4 Å². The third-order valence-electron chi connectivity index (χ3n) is 6.19. The van der Waals surface area contributed by atoms with Crippen molar-refractivity contribution in [3.63, 3.8) is 0 Å². The van der Waals surface area contributed by atoms with Gasteiger partial charge in [-0.25, -0.2) is 0 Å². The average molecular weight is 293 g/mol. The van der Waals surface area contributed by atoms with E-state index < -0.39 is 0 Å². The summed E-state index contributed by atoms with van der Waals surface area (Å²) in [5.74, 6) is 2.07. The van der Waals surface area contributed by atoms with Crippen molar-refractivity contribution in [2.45, 2.75) is 89.6 Å². The maximum absolute atomic E-state index is 3.82. The van der Waals surface area contributed by atoms with Crippen LogP contribution in [0.1, 0.15) is 77.6 Å². The Bertz CT molecular complexity index is 292. The first-order valence-corrected chi connectivity index (χ1v) is 9.82. The molecule has 0 amide bonds. The molecule has 3 fully saturated rings. The van der Waals surface area contributed by atoms with Crippen LogP contribution in [-0.4, -0.2) is 36.6 Å². The lowest BCUT2D eigenvalue weighted by atomic mass is 9.95. The van der Waals surface area contributed by atoms with Crippen LogP contribution in [-0.2, 0) is 0 Å². The molecule has 0 aromatic rings. The van der Waals surface area contributed by atoms with Crippen LogP contribution in [0.4, 0.5) is 0 Å². The van der Waals surface area contributed by atoms with Gasteiger partial charge in [0.05, 0.1) is 0 Å². The van der Waals surface area contributed by atoms with Gasteiger partial charge >= 0.3 is 0 Å². The summed E-state index contributed by atoms with van der Waals surface area (Å²) in [7, 11) is 0. The third kappa shape index (κ3) is 4.96. The van der Waals surface area contributed by atoms with Crippen LogP contribution in [0.2, 0.25) is 0 Å². The quantitative estimate of drug-likeness (QED) is 0.738. The van der Waals surface area contributed by atoms with Crippen molar-refractivity contribution in [3.8, 4) is 0 Å². The van der Waals surface area contributed by atoms with Crippen molar-refractivity contribution in [3.05, 3.63) is 0 Å². The minimum Gasteiger partial charge on any atom is -0.314 e. The summed E-state index contributed by atoms with van der Waals surface area (Å²) in [5, 5.41) is 3.82. The molecule has 2 nitrogen and oxygen atoms in total. The Morgan fingerprint density at radius 1 is 0.857 bits per heavy atom. The average Bonchev–Trinajstić information content (AvgIpc) is 3.34. The number of likely N-dealkylation sites (tertiary alicyclic amines) is 1. The second-order valence-electron chi connectivity index (χ2n) is 7.98. The van der Waals surface area contributed by atoms with Crippen LogP contribution in [0.3, 0.4) is 0 Å². The van der Waals surface area contributed by atoms with E-state index in [2.05, 4.69) is 17.1 Å². The van der Waals surface area contributed by atoms with E-state index in [-0.39, 0.29) is 0 Å². The van der Waals surface area contributed by atoms with Crippen LogP contribution in [0.25, 0.3) is 0 Å². The van der Waals surface area contributed by atoms with Crippen molar-refractivity contribution in [2.75, 3.05) is 19.6 Å². The molecule has 122 valence electrons. The van der Waals surface area contributed by atoms with Gasteiger partial charge in [-0.15, -0.1) is 0 Å². The van der Waals surface area contributed by atoms with Gasteiger partial charge in [-0.1, -0.05) is 32.6 Å². The first kappa shape index (κ1) is 15.8. The molecule has 3 aliphatic rings. The Balaban J connectivity index is 1.37. The van der Waals surface area contributed by atoms with Crippen molar-refractivity contribution in [2.24, 2.45) is 11.8 Å². The SMILES string of the molecule is CCCC1CCCC(N2CCC(NCC3CC3)CC2)CC1. The standard InChI is InChI=1S/C19H36N2/c1-2-4-16-5-3-6-19(10-9-16)21-13-11-18(12-14-21)20-15-17-7-8-17/h16-20H,2-15H2,1H3. The molecule has 0 aromatic heterocycles. The van der Waals surface area contributed by atoms with Crippen LogP contribution in [0, 0.1) is 11.8 Å². The van der Waals surface area contributed by atoms with Gasteiger partial charge in [0.2, 0.25) is 0 Å². The molecule has 1 saturated heterocycles. The van der Waals surface area contributed by atoms with Crippen LogP contribution in [0.5, 0.6) is 0 Å². The molecule has 0 aromatic carbocycles. The monoisotopic (exact) mass is 292 g/mol. The Labute approximate surface area is 132 Å². The van der Waals surface area contributed by atoms with E-state index in [4.69, 9.17) is 0 Å². The predicted molar refractivity (Wildman–Crippen MR) is 90.6 cm³/mol. The number of piperidine rings is 1. The molecule has 2 heteroatoms. The summed E-state index contributed by atoms with van der Waals surface area (Å²) in [5.41, 5.74) is 0. The minimum atomic E-state index is 0.820. The zero-order chi connectivity index (χ0) is 14.5. The number of hydrogen-bond acceptors (Lipinski definition) is 2. The Morgan fingerprint density at radius 2 is 1.62 bits per heavy atom. The zero-order valence-corrected chi connectivity index (χ0v) is 14.2. The van der Waals surface area contributed by atoms with Gasteiger partial charge in [0.25, 0.3) is 0 Å². The first-order valence-electron chi connectivity index (χ1n) is 9.82. The van der Waals surface area contributed by atoms with Crippen LogP contribution < -0.4 is 5.32 Å². The Morgan fingerprint density at radius 3 is 2.33 bits per heavy atom. The van der Waals surface area contributed by atoms with E-state index in [0.29, 0.717) is 0 Å². The highest BCUT2D eigenvalue weighted by Gasteiger charge is 2.28. The van der Waals surface area contributed by atoms with Crippen LogP contribution >= 0.6 is 0 Å². The van der Waals surface area contributed by atoms with E-state index in [0.717, 1.165) is 23.9 Å². The highest BCUT2D eigenvalue weighted by atomic mass is 15.2. The fraction of sp³-hybridized carbons (Fsp3) is 1.00. The molecule has 1 N–H and O–H groups in total. The predicted octanol–water partition coefficient (Wildman–Crippen LogP) is 4.20. The zero-order valence-electron chi connectivity index (χ0n) is 14.2. The van der Waals surface area contributed by atoms with E-state index in [9.17, 15) is 0 Å². The molecular formula is C19H36N2. The van der Waals surface area contributed by atoms with E-state index in [1.54, 1.807) is 0 Å². The Kier molecular flexibility index (Phi) is 5.99. The minimum absolute atomic E-state index is 0.820. The second-order valence-corrected chi connectivity index (χ2v) is 7.98. The molecule has 0 radical (unpaired) electrons. The fourth-order valence-corrected chi connectivity index (χ4v) is 4.55. The molecule has 1 heterocycles. The maximum atomic E-state index is 3.82. The molecule has 1 aliphatic heterocycles. The summed E-state index contributed by atoms with van der Waals surface area (Å²) < 4.78 is 0. The molecule has 2 unspecified atom stereocenters. The van der Waals surface area contributed by atoms with Gasteiger partial charge in [0.15, 0.2) is 0 Å². The van der Waals surface area contributed by atoms with Gasteiger partial charge in [-0.2, -0.15) is 0 Å². The van der Waals surface area contributed by atoms with Crippen molar-refractivity contribution in [1.82, 2.24) is 10.2 Å². The van der Waals surface area contributed by atoms with Gasteiger partial charge < -0.3 is 10.2 Å². The lowest BCUT2D eigenvalue weighted by molar-refractivity contribution is 0.130. The number of rotatable bonds is 6. The first-order chi connectivity index (χ1) is 10.3. The number of nitrogens with zero attached hydrogens (tertiary/aromatic N) is 1. The summed E-state index contributed by atoms with van der Waals surface area (Å²) in [6.07, 6.45) is 16.0. The highest BCUT2D eigenvalue weighted by Crippen LogP contribution is 2.31. The van der Waals surface area contributed by atoms with Crippen molar-refractivity contribution >= 4 is 0 Å². The summed E-state index contributed by atoms with van der Waals surface area (Å²) in [4.78, 5) is 2.84. The van der Waals surface area contributed by atoms with E-state index in [1.165, 1.54) is 90.3 Å². The topological polar surface area (TPSA) is 15.3 Å². The number of hydrogen-bond donors (Lipinski definition) is 1. The van der Waals surface area contributed by atoms with E-state index >= 15 is 0 Å². The lowest BCUT2D eigenvalue weighted by Crippen LogP contribution is -2.46. The molecule has 0 spiro atoms. The fourth-order valence-electron chi connectivity index (χ4n) is 4.55. The largest absolute Gasteiger partial charge is 0.314 e. The normalized spacial score (nSPS) is 33.0. The summed E-state index contributed by atoms with van der Waals surface area (Å²) in [6.45, 7) is 6.35. The molecule has 2 saturated carbocycles. The van der Waals surface area contributed by atoms with E-state index in [1.807, 2.05) is 0 Å². The highest BCUT2D eigenvalue weighted by molar-refractivity contribution is 4.85. The van der Waals surface area contributed by atoms with Gasteiger partial charge in [-0.3, -0.25) is 0 Å². The molecule has 3 rings (SSSR count). The molecule has 21 heavy (non-hydrogen) atoms. The molecular weight excluding hydrogens is 256 g/mol. The lowest BCUT2D eigenvalue weighted by Gasteiger charge is -2.37. The second kappa shape index (κ2) is 7.97. The number of nitrogens with one attached hydrogen (secondary N) is 1.